The fourth-order valence-corrected chi connectivity index (χ4v) is 4.84. The van der Waals surface area contributed by atoms with Crippen LogP contribution in [0.1, 0.15) is 25.8 Å². The second-order valence-electron chi connectivity index (χ2n) is 7.11. The molecule has 0 spiro atoms. The van der Waals surface area contributed by atoms with Crippen LogP contribution in [0.4, 0.5) is 0 Å². The Balaban J connectivity index is 2.02. The molecule has 2 atom stereocenters. The minimum absolute atomic E-state index is 0.0445. The number of aromatic nitrogens is 2. The van der Waals surface area contributed by atoms with Gasteiger partial charge in [-0.25, -0.2) is 17.7 Å². The number of H-pyrrole nitrogens is 1. The largest absolute Gasteiger partial charge is 0.535 e. The van der Waals surface area contributed by atoms with E-state index in [1.165, 1.54) is 6.82 Å². The van der Waals surface area contributed by atoms with E-state index in [1.54, 1.807) is 23.6 Å². The summed E-state index contributed by atoms with van der Waals surface area (Å²) in [6.45, 7) is 10.6. The lowest BCUT2D eigenvalue weighted by Gasteiger charge is -2.37. The molecule has 3 heterocycles. The molecule has 1 aliphatic heterocycles. The average molecular weight is 391 g/mol. The maximum atomic E-state index is 12.4. The summed E-state index contributed by atoms with van der Waals surface area (Å²) in [6, 6.07) is 1.89. The van der Waals surface area contributed by atoms with Gasteiger partial charge in [-0.3, -0.25) is 0 Å². The Morgan fingerprint density at radius 3 is 2.96 bits per heavy atom. The number of rotatable bonds is 6. The van der Waals surface area contributed by atoms with Crippen LogP contribution in [0.3, 0.4) is 0 Å². The quantitative estimate of drug-likeness (QED) is 0.738. The first kappa shape index (κ1) is 19.9. The van der Waals surface area contributed by atoms with Crippen molar-refractivity contribution in [1.29, 1.82) is 0 Å². The van der Waals surface area contributed by atoms with Crippen LogP contribution in [0.2, 0.25) is 6.82 Å². The summed E-state index contributed by atoms with van der Waals surface area (Å²) in [6.07, 6.45) is 4.13. The van der Waals surface area contributed by atoms with E-state index in [1.807, 2.05) is 6.07 Å². The predicted molar refractivity (Wildman–Crippen MR) is 108 cm³/mol. The van der Waals surface area contributed by atoms with Gasteiger partial charge in [0, 0.05) is 36.2 Å². The highest BCUT2D eigenvalue weighted by Crippen LogP contribution is 2.41. The summed E-state index contributed by atoms with van der Waals surface area (Å²) in [5, 5.41) is 10.6. The standard InChI is InChI=1S/C18H26BN3O4S/c1-5-27(24,25)22-9-7-12(2)15(11-22)13(3)17-14-6-8-20-18(14)21-10-16(17)26-19(4)23/h6,8,10,12,15,23H,3,5,7,9,11H2,1-2,4H3,(H,20,21)/t12?,15-/m1/s1. The molecule has 1 saturated heterocycles. The molecule has 0 bridgehead atoms. The number of aromatic amines is 1. The number of nitrogens with zero attached hydrogens (tertiary/aromatic N) is 2. The maximum Gasteiger partial charge on any atom is 0.519 e. The Kier molecular flexibility index (Phi) is 5.64. The zero-order valence-corrected chi connectivity index (χ0v) is 16.8. The van der Waals surface area contributed by atoms with Gasteiger partial charge in [0.1, 0.15) is 11.4 Å². The molecule has 7 nitrogen and oxygen atoms in total. The number of piperidine rings is 1. The first-order valence-electron chi connectivity index (χ1n) is 9.22. The monoisotopic (exact) mass is 391 g/mol. The van der Waals surface area contributed by atoms with Crippen molar-refractivity contribution in [2.24, 2.45) is 11.8 Å². The molecule has 1 fully saturated rings. The van der Waals surface area contributed by atoms with Crippen molar-refractivity contribution >= 4 is 33.7 Å². The molecule has 3 rings (SSSR count). The van der Waals surface area contributed by atoms with E-state index in [0.717, 1.165) is 22.9 Å². The highest BCUT2D eigenvalue weighted by atomic mass is 32.2. The number of hydrogen-bond acceptors (Lipinski definition) is 5. The van der Waals surface area contributed by atoms with Crippen molar-refractivity contribution in [2.45, 2.75) is 27.1 Å². The maximum absolute atomic E-state index is 12.4. The number of hydrogen-bond donors (Lipinski definition) is 2. The van der Waals surface area contributed by atoms with E-state index in [2.05, 4.69) is 23.5 Å². The summed E-state index contributed by atoms with van der Waals surface area (Å²) in [5.74, 6) is 0.776. The highest BCUT2D eigenvalue weighted by molar-refractivity contribution is 7.89. The van der Waals surface area contributed by atoms with Crippen LogP contribution in [0, 0.1) is 11.8 Å². The van der Waals surface area contributed by atoms with E-state index in [9.17, 15) is 13.4 Å². The molecule has 2 aromatic rings. The molecule has 2 aromatic heterocycles. The van der Waals surface area contributed by atoms with Gasteiger partial charge in [-0.1, -0.05) is 13.5 Å². The molecule has 2 N–H and O–H groups in total. The van der Waals surface area contributed by atoms with Gasteiger partial charge in [-0.15, -0.1) is 0 Å². The second-order valence-corrected chi connectivity index (χ2v) is 9.37. The Bertz CT molecular complexity index is 941. The van der Waals surface area contributed by atoms with Crippen molar-refractivity contribution in [3.05, 3.63) is 30.6 Å². The van der Waals surface area contributed by atoms with Gasteiger partial charge in [-0.05, 0) is 37.7 Å². The molecule has 9 heteroatoms. The third-order valence-electron chi connectivity index (χ3n) is 5.30. The molecule has 0 aliphatic carbocycles. The normalized spacial score (nSPS) is 21.3. The minimum Gasteiger partial charge on any atom is -0.535 e. The third-order valence-corrected chi connectivity index (χ3v) is 7.15. The van der Waals surface area contributed by atoms with E-state index in [0.29, 0.717) is 24.5 Å². The van der Waals surface area contributed by atoms with Crippen molar-refractivity contribution < 1.29 is 18.1 Å². The van der Waals surface area contributed by atoms with Crippen LogP contribution in [-0.4, -0.2) is 53.7 Å². The van der Waals surface area contributed by atoms with Gasteiger partial charge in [-0.2, -0.15) is 0 Å². The third kappa shape index (κ3) is 3.90. The number of fused-ring (bicyclic) bond motifs is 1. The molecule has 27 heavy (non-hydrogen) atoms. The van der Waals surface area contributed by atoms with Crippen molar-refractivity contribution in [3.63, 3.8) is 0 Å². The zero-order valence-electron chi connectivity index (χ0n) is 16.0. The Morgan fingerprint density at radius 2 is 2.30 bits per heavy atom. The number of pyridine rings is 1. The topological polar surface area (TPSA) is 95.5 Å². The van der Waals surface area contributed by atoms with E-state index in [-0.39, 0.29) is 17.6 Å². The van der Waals surface area contributed by atoms with E-state index in [4.69, 9.17) is 4.65 Å². The van der Waals surface area contributed by atoms with Crippen molar-refractivity contribution in [1.82, 2.24) is 14.3 Å². The number of nitrogens with one attached hydrogen (secondary N) is 1. The van der Waals surface area contributed by atoms with Gasteiger partial charge in [0.25, 0.3) is 0 Å². The van der Waals surface area contributed by atoms with Crippen LogP contribution in [-0.2, 0) is 10.0 Å². The lowest BCUT2D eigenvalue weighted by molar-refractivity contribution is 0.240. The summed E-state index contributed by atoms with van der Waals surface area (Å²) >= 11 is 0. The summed E-state index contributed by atoms with van der Waals surface area (Å²) in [5.41, 5.74) is 2.28. The molecule has 1 aliphatic rings. The van der Waals surface area contributed by atoms with Crippen LogP contribution >= 0.6 is 0 Å². The Hall–Kier alpha value is -1.84. The van der Waals surface area contributed by atoms with Crippen molar-refractivity contribution in [3.8, 4) is 5.75 Å². The van der Waals surface area contributed by atoms with Gasteiger partial charge in [0.15, 0.2) is 0 Å². The van der Waals surface area contributed by atoms with Crippen LogP contribution in [0.25, 0.3) is 16.6 Å². The minimum atomic E-state index is -3.25. The molecular formula is C18H26BN3O4S. The molecular weight excluding hydrogens is 365 g/mol. The van der Waals surface area contributed by atoms with Gasteiger partial charge >= 0.3 is 7.12 Å². The lowest BCUT2D eigenvalue weighted by Crippen LogP contribution is -2.44. The lowest BCUT2D eigenvalue weighted by atomic mass is 9.79. The summed E-state index contributed by atoms with van der Waals surface area (Å²) < 4.78 is 31.9. The second kappa shape index (κ2) is 7.65. The fourth-order valence-electron chi connectivity index (χ4n) is 3.71. The summed E-state index contributed by atoms with van der Waals surface area (Å²) in [4.78, 5) is 7.40. The SMILES string of the molecule is C=C(c1c(OB(C)O)cnc2[nH]ccc12)[C@@H]1CN(S(=O)(=O)CC)CCC1C. The molecule has 0 radical (unpaired) electrons. The molecule has 0 aromatic carbocycles. The van der Waals surface area contributed by atoms with Crippen LogP contribution in [0.5, 0.6) is 5.75 Å². The van der Waals surface area contributed by atoms with Crippen molar-refractivity contribution in [2.75, 3.05) is 18.8 Å². The average Bonchev–Trinajstić information content (AvgIpc) is 3.09. The van der Waals surface area contributed by atoms with Gasteiger partial charge in [0.2, 0.25) is 10.0 Å². The molecule has 0 saturated carbocycles. The van der Waals surface area contributed by atoms with E-state index >= 15 is 0 Å². The first-order valence-corrected chi connectivity index (χ1v) is 10.8. The first-order chi connectivity index (χ1) is 12.7. The van der Waals surface area contributed by atoms with Gasteiger partial charge in [0.05, 0.1) is 11.9 Å². The molecule has 1 unspecified atom stereocenters. The van der Waals surface area contributed by atoms with Gasteiger partial charge < -0.3 is 14.7 Å². The number of sulfonamides is 1. The van der Waals surface area contributed by atoms with E-state index < -0.39 is 17.1 Å². The highest BCUT2D eigenvalue weighted by Gasteiger charge is 2.35. The van der Waals surface area contributed by atoms with Crippen LogP contribution < -0.4 is 4.65 Å². The predicted octanol–water partition coefficient (Wildman–Crippen LogP) is 2.37. The molecule has 146 valence electrons. The smallest absolute Gasteiger partial charge is 0.519 e. The molecule has 0 amide bonds. The fraction of sp³-hybridized carbons (Fsp3) is 0.500. The Labute approximate surface area is 160 Å². The van der Waals surface area contributed by atoms with Crippen LogP contribution in [0.15, 0.2) is 25.0 Å². The summed E-state index contributed by atoms with van der Waals surface area (Å²) in [7, 11) is -4.24. The zero-order chi connectivity index (χ0) is 19.8. The Morgan fingerprint density at radius 1 is 1.56 bits per heavy atom.